The third-order valence-corrected chi connectivity index (χ3v) is 3.18. The Balaban J connectivity index is 2.23. The monoisotopic (exact) mass is 280 g/mol. The minimum Gasteiger partial charge on any atom is -0.495 e. The Morgan fingerprint density at radius 1 is 1.42 bits per heavy atom. The summed E-state index contributed by atoms with van der Waals surface area (Å²) in [7, 11) is 1.57. The molecule has 2 N–H and O–H groups in total. The van der Waals surface area contributed by atoms with E-state index in [-0.39, 0.29) is 11.9 Å². The molecule has 0 spiro atoms. The smallest absolute Gasteiger partial charge is 0.141 e. The first-order valence-corrected chi connectivity index (χ1v) is 6.18. The van der Waals surface area contributed by atoms with Gasteiger partial charge < -0.3 is 10.5 Å². The third-order valence-electron chi connectivity index (χ3n) is 2.83. The van der Waals surface area contributed by atoms with Gasteiger partial charge in [-0.05, 0) is 36.2 Å². The lowest BCUT2D eigenvalue weighted by molar-refractivity contribution is 0.401. The molecule has 0 aliphatic carbocycles. The summed E-state index contributed by atoms with van der Waals surface area (Å²) in [5.41, 5.74) is 7.55. The molecule has 1 heterocycles. The van der Waals surface area contributed by atoms with Crippen molar-refractivity contribution in [2.45, 2.75) is 12.5 Å². The number of pyridine rings is 1. The molecule has 100 valence electrons. The van der Waals surface area contributed by atoms with Gasteiger partial charge >= 0.3 is 0 Å². The molecule has 0 saturated carbocycles. The second-order valence-corrected chi connectivity index (χ2v) is 4.54. The van der Waals surface area contributed by atoms with Crippen LogP contribution < -0.4 is 10.5 Å². The molecule has 0 amide bonds. The highest BCUT2D eigenvalue weighted by molar-refractivity contribution is 6.31. The van der Waals surface area contributed by atoms with Crippen molar-refractivity contribution < 1.29 is 9.13 Å². The fraction of sp³-hybridized carbons (Fsp3) is 0.214. The van der Waals surface area contributed by atoms with Gasteiger partial charge in [0.05, 0.1) is 18.8 Å². The topological polar surface area (TPSA) is 48.1 Å². The van der Waals surface area contributed by atoms with Gasteiger partial charge in [0.15, 0.2) is 0 Å². The molecule has 2 aromatic rings. The van der Waals surface area contributed by atoms with Crippen molar-refractivity contribution in [3.8, 4) is 5.75 Å². The van der Waals surface area contributed by atoms with E-state index in [1.165, 1.54) is 12.1 Å². The SMILES string of the molecule is COc1cccnc1C(N)Cc1ccc(F)cc1Cl. The van der Waals surface area contributed by atoms with Crippen molar-refractivity contribution >= 4 is 11.6 Å². The number of hydrogen-bond donors (Lipinski definition) is 1. The molecule has 1 aromatic heterocycles. The average molecular weight is 281 g/mol. The normalized spacial score (nSPS) is 12.2. The fourth-order valence-electron chi connectivity index (χ4n) is 1.87. The predicted octanol–water partition coefficient (Wildman–Crippen LogP) is 3.13. The molecule has 1 unspecified atom stereocenters. The fourth-order valence-corrected chi connectivity index (χ4v) is 2.12. The van der Waals surface area contributed by atoms with Gasteiger partial charge in [0.2, 0.25) is 0 Å². The molecule has 19 heavy (non-hydrogen) atoms. The Kier molecular flexibility index (Phi) is 4.35. The van der Waals surface area contributed by atoms with Crippen LogP contribution in [0.1, 0.15) is 17.3 Å². The lowest BCUT2D eigenvalue weighted by Gasteiger charge is -2.15. The van der Waals surface area contributed by atoms with Crippen LogP contribution in [0.3, 0.4) is 0 Å². The van der Waals surface area contributed by atoms with E-state index in [4.69, 9.17) is 22.1 Å². The number of benzene rings is 1. The van der Waals surface area contributed by atoms with E-state index in [0.717, 1.165) is 5.56 Å². The molecule has 0 fully saturated rings. The molecular formula is C14H14ClFN2O. The van der Waals surface area contributed by atoms with Gasteiger partial charge in [-0.3, -0.25) is 4.98 Å². The van der Waals surface area contributed by atoms with Gasteiger partial charge in [-0.2, -0.15) is 0 Å². The molecule has 3 nitrogen and oxygen atoms in total. The van der Waals surface area contributed by atoms with Crippen molar-refractivity contribution in [2.75, 3.05) is 7.11 Å². The molecule has 1 atom stereocenters. The number of nitrogens with two attached hydrogens (primary N) is 1. The quantitative estimate of drug-likeness (QED) is 0.936. The third kappa shape index (κ3) is 3.22. The number of nitrogens with zero attached hydrogens (tertiary/aromatic N) is 1. The van der Waals surface area contributed by atoms with Gasteiger partial charge in [0.1, 0.15) is 11.6 Å². The van der Waals surface area contributed by atoms with Crippen LogP contribution in [0.25, 0.3) is 0 Å². The highest BCUT2D eigenvalue weighted by Crippen LogP contribution is 2.26. The zero-order valence-electron chi connectivity index (χ0n) is 10.4. The summed E-state index contributed by atoms with van der Waals surface area (Å²) in [6.45, 7) is 0. The Morgan fingerprint density at radius 2 is 2.21 bits per heavy atom. The van der Waals surface area contributed by atoms with Crippen LogP contribution in [-0.4, -0.2) is 12.1 Å². The number of aromatic nitrogens is 1. The van der Waals surface area contributed by atoms with Crippen molar-refractivity contribution in [2.24, 2.45) is 5.73 Å². The summed E-state index contributed by atoms with van der Waals surface area (Å²) in [6, 6.07) is 7.49. The number of halogens is 2. The van der Waals surface area contributed by atoms with Crippen LogP contribution in [0, 0.1) is 5.82 Å². The van der Waals surface area contributed by atoms with E-state index in [1.54, 1.807) is 31.5 Å². The average Bonchev–Trinajstić information content (AvgIpc) is 2.41. The molecule has 0 radical (unpaired) electrons. The van der Waals surface area contributed by atoms with Gasteiger partial charge in [0, 0.05) is 11.2 Å². The maximum Gasteiger partial charge on any atom is 0.141 e. The number of ether oxygens (including phenoxy) is 1. The first kappa shape index (κ1) is 13.8. The van der Waals surface area contributed by atoms with Crippen molar-refractivity contribution in [1.29, 1.82) is 0 Å². The van der Waals surface area contributed by atoms with Crippen LogP contribution >= 0.6 is 11.6 Å². The minimum atomic E-state index is -0.363. The maximum atomic E-state index is 13.0. The Hall–Kier alpha value is -1.65. The van der Waals surface area contributed by atoms with E-state index < -0.39 is 0 Å². The van der Waals surface area contributed by atoms with Gasteiger partial charge in [-0.15, -0.1) is 0 Å². The van der Waals surface area contributed by atoms with Crippen LogP contribution in [0.4, 0.5) is 4.39 Å². The van der Waals surface area contributed by atoms with Gasteiger partial charge in [-0.1, -0.05) is 17.7 Å². The zero-order chi connectivity index (χ0) is 13.8. The number of rotatable bonds is 4. The van der Waals surface area contributed by atoms with E-state index in [0.29, 0.717) is 22.9 Å². The number of methoxy groups -OCH3 is 1. The Bertz CT molecular complexity index is 577. The highest BCUT2D eigenvalue weighted by Gasteiger charge is 2.15. The van der Waals surface area contributed by atoms with Crippen LogP contribution in [0.5, 0.6) is 5.75 Å². The second-order valence-electron chi connectivity index (χ2n) is 4.14. The minimum absolute atomic E-state index is 0.362. The molecular weight excluding hydrogens is 267 g/mol. The molecule has 0 bridgehead atoms. The zero-order valence-corrected chi connectivity index (χ0v) is 11.2. The van der Waals surface area contributed by atoms with Gasteiger partial charge in [-0.25, -0.2) is 4.39 Å². The Labute approximate surface area is 116 Å². The lowest BCUT2D eigenvalue weighted by Crippen LogP contribution is -2.16. The summed E-state index contributed by atoms with van der Waals surface area (Å²) in [6.07, 6.45) is 2.12. The molecule has 0 saturated heterocycles. The maximum absolute atomic E-state index is 13.0. The standard InChI is InChI=1S/C14H14ClFN2O/c1-19-13-3-2-6-18-14(13)12(17)7-9-4-5-10(16)8-11(9)15/h2-6,8,12H,7,17H2,1H3. The summed E-state index contributed by atoms with van der Waals surface area (Å²) < 4.78 is 18.2. The van der Waals surface area contributed by atoms with E-state index in [2.05, 4.69) is 4.98 Å². The summed E-state index contributed by atoms with van der Waals surface area (Å²) in [5.74, 6) is 0.269. The summed E-state index contributed by atoms with van der Waals surface area (Å²) >= 11 is 5.99. The van der Waals surface area contributed by atoms with Crippen LogP contribution in [0.2, 0.25) is 5.02 Å². The molecule has 5 heteroatoms. The molecule has 0 aliphatic rings. The van der Waals surface area contributed by atoms with E-state index >= 15 is 0 Å². The number of hydrogen-bond acceptors (Lipinski definition) is 3. The van der Waals surface area contributed by atoms with Crippen molar-refractivity contribution in [1.82, 2.24) is 4.98 Å². The molecule has 1 aromatic carbocycles. The molecule has 2 rings (SSSR count). The lowest BCUT2D eigenvalue weighted by atomic mass is 10.0. The van der Waals surface area contributed by atoms with Gasteiger partial charge in [0.25, 0.3) is 0 Å². The summed E-state index contributed by atoms with van der Waals surface area (Å²) in [5, 5.41) is 0.366. The largest absolute Gasteiger partial charge is 0.495 e. The van der Waals surface area contributed by atoms with Crippen molar-refractivity contribution in [3.63, 3.8) is 0 Å². The second kappa shape index (κ2) is 5.99. The Morgan fingerprint density at radius 3 is 2.89 bits per heavy atom. The molecule has 0 aliphatic heterocycles. The first-order valence-electron chi connectivity index (χ1n) is 5.80. The predicted molar refractivity (Wildman–Crippen MR) is 72.8 cm³/mol. The van der Waals surface area contributed by atoms with Crippen LogP contribution in [0.15, 0.2) is 36.5 Å². The van der Waals surface area contributed by atoms with Crippen LogP contribution in [-0.2, 0) is 6.42 Å². The van der Waals surface area contributed by atoms with E-state index in [9.17, 15) is 4.39 Å². The van der Waals surface area contributed by atoms with E-state index in [1.807, 2.05) is 0 Å². The van der Waals surface area contributed by atoms with Crippen molar-refractivity contribution in [3.05, 3.63) is 58.6 Å². The first-order chi connectivity index (χ1) is 9.11. The summed E-state index contributed by atoms with van der Waals surface area (Å²) in [4.78, 5) is 4.23. The highest BCUT2D eigenvalue weighted by atomic mass is 35.5.